The predicted molar refractivity (Wildman–Crippen MR) is 181 cm³/mol. The smallest absolute Gasteiger partial charge is 0.0468 e. The van der Waals surface area contributed by atoms with Crippen LogP contribution in [-0.2, 0) is 0 Å². The summed E-state index contributed by atoms with van der Waals surface area (Å²) in [6.45, 7) is 0. The van der Waals surface area contributed by atoms with Crippen molar-refractivity contribution >= 4 is 60.5 Å². The van der Waals surface area contributed by atoms with Gasteiger partial charge in [-0.05, 0) is 116 Å². The lowest BCUT2D eigenvalue weighted by Crippen LogP contribution is -2.10. The molecule has 0 atom stereocenters. The van der Waals surface area contributed by atoms with Crippen LogP contribution in [0.3, 0.4) is 0 Å². The standard InChI is InChI=1S/C41H31N/c1-4-11-33-26-36(17-16-29(33)8-1)41-15-7-14-40(41)32-20-22-37(23-21-32)42(38-24-18-30-9-2-5-12-34(30)27-38)39-25-19-31-10-3-6-13-35(31)28-39/h1-6,8-13,16-28H,7,14-15H2. The molecule has 0 saturated heterocycles. The zero-order valence-electron chi connectivity index (χ0n) is 23.5. The Morgan fingerprint density at radius 2 is 0.738 bits per heavy atom. The molecule has 7 aromatic rings. The molecule has 0 radical (unpaired) electrons. The summed E-state index contributed by atoms with van der Waals surface area (Å²) < 4.78 is 0. The molecule has 0 heterocycles. The van der Waals surface area contributed by atoms with E-state index in [4.69, 9.17) is 0 Å². The average molecular weight is 538 g/mol. The Hall–Kier alpha value is -5.14. The zero-order chi connectivity index (χ0) is 27.9. The molecule has 0 amide bonds. The van der Waals surface area contributed by atoms with Crippen LogP contribution in [0, 0.1) is 0 Å². The summed E-state index contributed by atoms with van der Waals surface area (Å²) in [5.74, 6) is 0. The molecule has 1 nitrogen and oxygen atoms in total. The van der Waals surface area contributed by atoms with Crippen molar-refractivity contribution in [1.29, 1.82) is 0 Å². The molecule has 0 aliphatic heterocycles. The van der Waals surface area contributed by atoms with Crippen molar-refractivity contribution < 1.29 is 0 Å². The SMILES string of the molecule is c1ccc2cc(C3=C(c4ccc(N(c5ccc6ccccc6c5)c5ccc6ccccc6c5)cc4)CCC3)ccc2c1. The summed E-state index contributed by atoms with van der Waals surface area (Å²) >= 11 is 0. The van der Waals surface area contributed by atoms with Crippen LogP contribution in [0.2, 0.25) is 0 Å². The predicted octanol–water partition coefficient (Wildman–Crippen LogP) is 11.7. The average Bonchev–Trinajstić information content (AvgIpc) is 3.55. The summed E-state index contributed by atoms with van der Waals surface area (Å²) in [6, 6.07) is 55.6. The molecule has 42 heavy (non-hydrogen) atoms. The number of fused-ring (bicyclic) bond motifs is 3. The Bertz CT molecular complexity index is 2040. The van der Waals surface area contributed by atoms with Gasteiger partial charge >= 0.3 is 0 Å². The summed E-state index contributed by atoms with van der Waals surface area (Å²) in [4.78, 5) is 2.38. The molecule has 0 N–H and O–H groups in total. The lowest BCUT2D eigenvalue weighted by Gasteiger charge is -2.26. The van der Waals surface area contributed by atoms with Gasteiger partial charge < -0.3 is 4.90 Å². The topological polar surface area (TPSA) is 3.24 Å². The third kappa shape index (κ3) is 4.44. The highest BCUT2D eigenvalue weighted by molar-refractivity contribution is 5.97. The first kappa shape index (κ1) is 24.6. The molecular weight excluding hydrogens is 506 g/mol. The Morgan fingerprint density at radius 1 is 0.333 bits per heavy atom. The number of hydrogen-bond donors (Lipinski definition) is 0. The third-order valence-corrected chi connectivity index (χ3v) is 8.77. The lowest BCUT2D eigenvalue weighted by molar-refractivity contribution is 0.942. The molecule has 1 aliphatic carbocycles. The van der Waals surface area contributed by atoms with E-state index in [0.29, 0.717) is 0 Å². The van der Waals surface area contributed by atoms with E-state index in [-0.39, 0.29) is 0 Å². The van der Waals surface area contributed by atoms with E-state index < -0.39 is 0 Å². The minimum Gasteiger partial charge on any atom is -0.310 e. The fourth-order valence-electron chi connectivity index (χ4n) is 6.65. The van der Waals surface area contributed by atoms with Crippen LogP contribution >= 0.6 is 0 Å². The van der Waals surface area contributed by atoms with Gasteiger partial charge in [-0.15, -0.1) is 0 Å². The first-order valence-electron chi connectivity index (χ1n) is 14.9. The van der Waals surface area contributed by atoms with Crippen LogP contribution in [-0.4, -0.2) is 0 Å². The number of anilines is 3. The van der Waals surface area contributed by atoms with E-state index in [0.717, 1.165) is 29.9 Å². The number of hydrogen-bond acceptors (Lipinski definition) is 1. The third-order valence-electron chi connectivity index (χ3n) is 8.77. The first-order chi connectivity index (χ1) is 20.8. The van der Waals surface area contributed by atoms with E-state index in [2.05, 4.69) is 157 Å². The van der Waals surface area contributed by atoms with Gasteiger partial charge in [0.25, 0.3) is 0 Å². The Labute approximate surface area is 247 Å². The molecule has 8 rings (SSSR count). The molecule has 200 valence electrons. The van der Waals surface area contributed by atoms with E-state index in [1.807, 2.05) is 0 Å². The van der Waals surface area contributed by atoms with Gasteiger partial charge in [0, 0.05) is 17.1 Å². The molecular formula is C41H31N. The van der Waals surface area contributed by atoms with Crippen molar-refractivity contribution in [3.05, 3.63) is 163 Å². The summed E-state index contributed by atoms with van der Waals surface area (Å²) in [6.07, 6.45) is 3.47. The van der Waals surface area contributed by atoms with Gasteiger partial charge in [-0.1, -0.05) is 109 Å². The van der Waals surface area contributed by atoms with Crippen LogP contribution < -0.4 is 4.90 Å². The van der Waals surface area contributed by atoms with Gasteiger partial charge in [-0.3, -0.25) is 0 Å². The van der Waals surface area contributed by atoms with Crippen molar-refractivity contribution in [1.82, 2.24) is 0 Å². The van der Waals surface area contributed by atoms with Crippen molar-refractivity contribution in [2.75, 3.05) is 4.90 Å². The van der Waals surface area contributed by atoms with E-state index in [9.17, 15) is 0 Å². The number of nitrogens with zero attached hydrogens (tertiary/aromatic N) is 1. The largest absolute Gasteiger partial charge is 0.310 e. The van der Waals surface area contributed by atoms with Crippen LogP contribution in [0.15, 0.2) is 152 Å². The van der Waals surface area contributed by atoms with Gasteiger partial charge in [0.05, 0.1) is 0 Å². The molecule has 1 aliphatic rings. The monoisotopic (exact) mass is 537 g/mol. The minimum absolute atomic E-state index is 1.13. The summed E-state index contributed by atoms with van der Waals surface area (Å²) in [5, 5.41) is 7.61. The van der Waals surface area contributed by atoms with Crippen LogP contribution in [0.4, 0.5) is 17.1 Å². The summed E-state index contributed by atoms with van der Waals surface area (Å²) in [7, 11) is 0. The minimum atomic E-state index is 1.13. The van der Waals surface area contributed by atoms with Crippen molar-refractivity contribution in [3.8, 4) is 0 Å². The number of rotatable bonds is 5. The van der Waals surface area contributed by atoms with E-state index in [1.165, 1.54) is 61.0 Å². The zero-order valence-corrected chi connectivity index (χ0v) is 23.5. The van der Waals surface area contributed by atoms with Crippen LogP contribution in [0.1, 0.15) is 30.4 Å². The Balaban J connectivity index is 1.22. The van der Waals surface area contributed by atoms with Crippen molar-refractivity contribution in [2.45, 2.75) is 19.3 Å². The van der Waals surface area contributed by atoms with Crippen LogP contribution in [0.25, 0.3) is 43.5 Å². The maximum atomic E-state index is 2.38. The normalized spacial score (nSPS) is 13.3. The molecule has 0 saturated carbocycles. The van der Waals surface area contributed by atoms with Gasteiger partial charge in [0.1, 0.15) is 0 Å². The highest BCUT2D eigenvalue weighted by atomic mass is 15.1. The molecule has 1 heteroatoms. The van der Waals surface area contributed by atoms with Crippen molar-refractivity contribution in [3.63, 3.8) is 0 Å². The van der Waals surface area contributed by atoms with E-state index in [1.54, 1.807) is 0 Å². The maximum Gasteiger partial charge on any atom is 0.0468 e. The van der Waals surface area contributed by atoms with Crippen molar-refractivity contribution in [2.24, 2.45) is 0 Å². The highest BCUT2D eigenvalue weighted by Crippen LogP contribution is 2.42. The fourth-order valence-corrected chi connectivity index (χ4v) is 6.65. The fraction of sp³-hybridized carbons (Fsp3) is 0.0732. The van der Waals surface area contributed by atoms with Gasteiger partial charge in [-0.2, -0.15) is 0 Å². The van der Waals surface area contributed by atoms with Crippen LogP contribution in [0.5, 0.6) is 0 Å². The Kier molecular flexibility index (Phi) is 6.08. The maximum absolute atomic E-state index is 2.38. The molecule has 0 fully saturated rings. The number of benzene rings is 7. The molecule has 0 unspecified atom stereocenters. The molecule has 0 aromatic heterocycles. The second kappa shape index (κ2) is 10.4. The second-order valence-electron chi connectivity index (χ2n) is 11.3. The van der Waals surface area contributed by atoms with Gasteiger partial charge in [0.2, 0.25) is 0 Å². The summed E-state index contributed by atoms with van der Waals surface area (Å²) in [5.41, 5.74) is 9.15. The van der Waals surface area contributed by atoms with Gasteiger partial charge in [0.15, 0.2) is 0 Å². The highest BCUT2D eigenvalue weighted by Gasteiger charge is 2.19. The van der Waals surface area contributed by atoms with Gasteiger partial charge in [-0.25, -0.2) is 0 Å². The molecule has 7 aromatic carbocycles. The lowest BCUT2D eigenvalue weighted by atomic mass is 9.95. The molecule has 0 bridgehead atoms. The number of allylic oxidation sites excluding steroid dienone is 2. The Morgan fingerprint density at radius 3 is 1.29 bits per heavy atom. The first-order valence-corrected chi connectivity index (χ1v) is 14.9. The second-order valence-corrected chi connectivity index (χ2v) is 11.3. The quantitative estimate of drug-likeness (QED) is 0.211. The molecule has 0 spiro atoms. The van der Waals surface area contributed by atoms with E-state index >= 15 is 0 Å².